The zero-order chi connectivity index (χ0) is 10.7. The van der Waals surface area contributed by atoms with Crippen LogP contribution >= 0.6 is 11.3 Å². The summed E-state index contributed by atoms with van der Waals surface area (Å²) in [5.74, 6) is 0. The molecule has 2 nitrogen and oxygen atoms in total. The summed E-state index contributed by atoms with van der Waals surface area (Å²) in [6, 6.07) is 5.40. The monoisotopic (exact) mass is 225 g/mol. The summed E-state index contributed by atoms with van der Waals surface area (Å²) in [7, 11) is 0. The molecule has 0 aliphatic carbocycles. The van der Waals surface area contributed by atoms with Crippen molar-refractivity contribution in [1.29, 1.82) is 0 Å². The Bertz CT molecular complexity index is 286. The van der Waals surface area contributed by atoms with Crippen LogP contribution in [-0.2, 0) is 4.74 Å². The Hall–Kier alpha value is -0.380. The number of nitrogens with one attached hydrogen (secondary N) is 1. The summed E-state index contributed by atoms with van der Waals surface area (Å²) in [4.78, 5) is 1.43. The van der Waals surface area contributed by atoms with E-state index in [1.807, 2.05) is 11.3 Å². The average Bonchev–Trinajstić information content (AvgIpc) is 2.70. The van der Waals surface area contributed by atoms with Crippen molar-refractivity contribution in [2.75, 3.05) is 6.61 Å². The molecule has 1 fully saturated rings. The van der Waals surface area contributed by atoms with E-state index in [1.54, 1.807) is 0 Å². The number of ether oxygens (including phenoxy) is 1. The molecule has 1 aromatic rings. The topological polar surface area (TPSA) is 21.3 Å². The molecule has 0 spiro atoms. The van der Waals surface area contributed by atoms with Gasteiger partial charge in [0.05, 0.1) is 6.10 Å². The van der Waals surface area contributed by atoms with Gasteiger partial charge in [0.25, 0.3) is 0 Å². The number of rotatable bonds is 3. The van der Waals surface area contributed by atoms with Gasteiger partial charge in [-0.3, -0.25) is 0 Å². The van der Waals surface area contributed by atoms with E-state index in [1.165, 1.54) is 4.88 Å². The van der Waals surface area contributed by atoms with Gasteiger partial charge in [0.1, 0.15) is 0 Å². The molecular formula is C12H19NOS. The second-order valence-corrected chi connectivity index (χ2v) is 5.29. The molecule has 0 saturated carbocycles. The van der Waals surface area contributed by atoms with Gasteiger partial charge >= 0.3 is 0 Å². The Labute approximate surface area is 95.6 Å². The Kier molecular flexibility index (Phi) is 3.78. The van der Waals surface area contributed by atoms with Gasteiger partial charge in [0.15, 0.2) is 0 Å². The predicted molar refractivity (Wildman–Crippen MR) is 64.3 cm³/mol. The van der Waals surface area contributed by atoms with Crippen molar-refractivity contribution in [2.45, 2.75) is 44.9 Å². The molecule has 15 heavy (non-hydrogen) atoms. The van der Waals surface area contributed by atoms with Gasteiger partial charge in [0, 0.05) is 23.6 Å². The molecule has 84 valence electrons. The lowest BCUT2D eigenvalue weighted by atomic mass is 10.0. The molecular weight excluding hydrogens is 206 g/mol. The fourth-order valence-electron chi connectivity index (χ4n) is 2.12. The molecule has 3 atom stereocenters. The largest absolute Gasteiger partial charge is 0.378 e. The van der Waals surface area contributed by atoms with Crippen LogP contribution in [0.1, 0.15) is 37.6 Å². The maximum Gasteiger partial charge on any atom is 0.0561 e. The predicted octanol–water partition coefficient (Wildman–Crippen LogP) is 2.97. The van der Waals surface area contributed by atoms with Gasteiger partial charge in [-0.2, -0.15) is 0 Å². The lowest BCUT2D eigenvalue weighted by molar-refractivity contribution is 0.0116. The van der Waals surface area contributed by atoms with Crippen molar-refractivity contribution in [3.63, 3.8) is 0 Å². The highest BCUT2D eigenvalue weighted by atomic mass is 32.1. The Morgan fingerprint density at radius 1 is 1.60 bits per heavy atom. The molecule has 0 radical (unpaired) electrons. The minimum atomic E-state index is 0.409. The van der Waals surface area contributed by atoms with E-state index in [2.05, 4.69) is 36.7 Å². The normalized spacial score (nSPS) is 28.9. The molecule has 1 aromatic heterocycles. The summed E-state index contributed by atoms with van der Waals surface area (Å²) < 4.78 is 5.54. The minimum absolute atomic E-state index is 0.409. The van der Waals surface area contributed by atoms with Gasteiger partial charge in [-0.25, -0.2) is 0 Å². The van der Waals surface area contributed by atoms with Crippen molar-refractivity contribution in [1.82, 2.24) is 5.32 Å². The van der Waals surface area contributed by atoms with Crippen molar-refractivity contribution < 1.29 is 4.74 Å². The third kappa shape index (κ3) is 3.03. The van der Waals surface area contributed by atoms with Gasteiger partial charge in [-0.15, -0.1) is 11.3 Å². The van der Waals surface area contributed by atoms with E-state index in [4.69, 9.17) is 4.74 Å². The third-order valence-corrected chi connectivity index (χ3v) is 4.00. The van der Waals surface area contributed by atoms with Crippen LogP contribution in [0.2, 0.25) is 0 Å². The van der Waals surface area contributed by atoms with Crippen LogP contribution in [0.15, 0.2) is 17.5 Å². The molecule has 1 aliphatic rings. The van der Waals surface area contributed by atoms with E-state index < -0.39 is 0 Å². The summed E-state index contributed by atoms with van der Waals surface area (Å²) in [6.07, 6.45) is 2.68. The Morgan fingerprint density at radius 2 is 2.47 bits per heavy atom. The molecule has 2 heterocycles. The van der Waals surface area contributed by atoms with E-state index in [0.29, 0.717) is 18.2 Å². The molecule has 3 heteroatoms. The first-order valence-electron chi connectivity index (χ1n) is 5.67. The highest BCUT2D eigenvalue weighted by Crippen LogP contribution is 2.21. The fraction of sp³-hybridized carbons (Fsp3) is 0.667. The van der Waals surface area contributed by atoms with Crippen LogP contribution in [0.3, 0.4) is 0 Å². The van der Waals surface area contributed by atoms with E-state index in [-0.39, 0.29) is 0 Å². The van der Waals surface area contributed by atoms with Crippen LogP contribution in [-0.4, -0.2) is 18.8 Å². The maximum atomic E-state index is 5.54. The summed E-state index contributed by atoms with van der Waals surface area (Å²) in [5, 5.41) is 5.82. The zero-order valence-corrected chi connectivity index (χ0v) is 10.2. The second-order valence-electron chi connectivity index (χ2n) is 4.31. The molecule has 0 bridgehead atoms. The molecule has 1 saturated heterocycles. The molecule has 2 rings (SSSR count). The molecule has 0 aromatic carbocycles. The lowest BCUT2D eigenvalue weighted by Crippen LogP contribution is -2.39. The SMILES string of the molecule is CC1CC(NC(C)c2cccs2)CCO1. The molecule has 1 aliphatic heterocycles. The Morgan fingerprint density at radius 3 is 3.13 bits per heavy atom. The van der Waals surface area contributed by atoms with E-state index >= 15 is 0 Å². The van der Waals surface area contributed by atoms with Crippen LogP contribution in [0, 0.1) is 0 Å². The standard InChI is InChI=1S/C12H19NOS/c1-9-8-11(5-6-14-9)13-10(2)12-4-3-7-15-12/h3-4,7,9-11,13H,5-6,8H2,1-2H3. The zero-order valence-electron chi connectivity index (χ0n) is 9.40. The first-order valence-corrected chi connectivity index (χ1v) is 6.54. The van der Waals surface area contributed by atoms with Gasteiger partial charge in [-0.1, -0.05) is 6.07 Å². The van der Waals surface area contributed by atoms with E-state index in [9.17, 15) is 0 Å². The van der Waals surface area contributed by atoms with Gasteiger partial charge in [-0.05, 0) is 38.1 Å². The maximum absolute atomic E-state index is 5.54. The van der Waals surface area contributed by atoms with Crippen LogP contribution in [0.4, 0.5) is 0 Å². The van der Waals surface area contributed by atoms with Crippen molar-refractivity contribution in [3.8, 4) is 0 Å². The molecule has 0 amide bonds. The quantitative estimate of drug-likeness (QED) is 0.854. The van der Waals surface area contributed by atoms with Crippen molar-refractivity contribution in [3.05, 3.63) is 22.4 Å². The Balaban J connectivity index is 1.86. The summed E-state index contributed by atoms with van der Waals surface area (Å²) >= 11 is 1.83. The van der Waals surface area contributed by atoms with Gasteiger partial charge < -0.3 is 10.1 Å². The first-order chi connectivity index (χ1) is 7.25. The van der Waals surface area contributed by atoms with Crippen molar-refractivity contribution >= 4 is 11.3 Å². The second kappa shape index (κ2) is 5.10. The number of hydrogen-bond donors (Lipinski definition) is 1. The fourth-order valence-corrected chi connectivity index (χ4v) is 2.87. The number of thiophene rings is 1. The van der Waals surface area contributed by atoms with Crippen molar-refractivity contribution in [2.24, 2.45) is 0 Å². The van der Waals surface area contributed by atoms with E-state index in [0.717, 1.165) is 19.4 Å². The van der Waals surface area contributed by atoms with Crippen LogP contribution < -0.4 is 5.32 Å². The summed E-state index contributed by atoms with van der Waals surface area (Å²) in [5.41, 5.74) is 0. The average molecular weight is 225 g/mol. The highest BCUT2D eigenvalue weighted by Gasteiger charge is 2.21. The van der Waals surface area contributed by atoms with Crippen LogP contribution in [0.5, 0.6) is 0 Å². The highest BCUT2D eigenvalue weighted by molar-refractivity contribution is 7.10. The van der Waals surface area contributed by atoms with Crippen LogP contribution in [0.25, 0.3) is 0 Å². The van der Waals surface area contributed by atoms with Gasteiger partial charge in [0.2, 0.25) is 0 Å². The minimum Gasteiger partial charge on any atom is -0.378 e. The third-order valence-electron chi connectivity index (χ3n) is 2.94. The molecule has 3 unspecified atom stereocenters. The number of hydrogen-bond acceptors (Lipinski definition) is 3. The summed E-state index contributed by atoms with van der Waals surface area (Å²) in [6.45, 7) is 5.30. The lowest BCUT2D eigenvalue weighted by Gasteiger charge is -2.30. The first kappa shape index (κ1) is 11.1. The molecule has 1 N–H and O–H groups in total. The smallest absolute Gasteiger partial charge is 0.0561 e.